The summed E-state index contributed by atoms with van der Waals surface area (Å²) in [5, 5.41) is 11.7. The molecule has 5 nitrogen and oxygen atoms in total. The minimum atomic E-state index is -0.883. The minimum Gasteiger partial charge on any atom is -0.481 e. The van der Waals surface area contributed by atoms with Gasteiger partial charge in [0.05, 0.1) is 6.42 Å². The van der Waals surface area contributed by atoms with Crippen LogP contribution in [0.1, 0.15) is 59.3 Å². The zero-order valence-corrected chi connectivity index (χ0v) is 12.1. The Hall–Kier alpha value is -1.26. The monoisotopic (exact) mass is 271 g/mol. The van der Waals surface area contributed by atoms with E-state index in [1.54, 1.807) is 20.8 Å². The Balaban J connectivity index is 2.58. The van der Waals surface area contributed by atoms with E-state index < -0.39 is 17.7 Å². The highest BCUT2D eigenvalue weighted by molar-refractivity contribution is 5.71. The quantitative estimate of drug-likeness (QED) is 0.824. The number of rotatable bonds is 4. The maximum Gasteiger partial charge on any atom is 0.407 e. The van der Waals surface area contributed by atoms with Gasteiger partial charge in [-0.25, -0.2) is 4.79 Å². The molecule has 1 atom stereocenters. The van der Waals surface area contributed by atoms with Crippen molar-refractivity contribution in [3.63, 3.8) is 0 Å². The number of amides is 1. The van der Waals surface area contributed by atoms with Gasteiger partial charge < -0.3 is 15.2 Å². The van der Waals surface area contributed by atoms with E-state index in [1.165, 1.54) is 6.42 Å². The van der Waals surface area contributed by atoms with Gasteiger partial charge in [-0.2, -0.15) is 0 Å². The van der Waals surface area contributed by atoms with Crippen LogP contribution in [0.3, 0.4) is 0 Å². The molecule has 2 N–H and O–H groups in total. The Kier molecular flexibility index (Phi) is 5.63. The summed E-state index contributed by atoms with van der Waals surface area (Å²) in [6.45, 7) is 5.37. The highest BCUT2D eigenvalue weighted by atomic mass is 16.6. The number of hydrogen-bond donors (Lipinski definition) is 2. The second-order valence-electron chi connectivity index (χ2n) is 6.25. The Morgan fingerprint density at radius 2 is 1.84 bits per heavy atom. The van der Waals surface area contributed by atoms with Gasteiger partial charge in [-0.1, -0.05) is 19.3 Å². The minimum absolute atomic E-state index is 0.0378. The standard InChI is InChI=1S/C14H25NO4/c1-14(2,3)19-13(18)15-11(9-12(16)17)10-7-5-4-6-8-10/h10-11H,4-9H2,1-3H3,(H,15,18)(H,16,17)/t11-/m0/s1. The normalized spacial score (nSPS) is 18.7. The largest absolute Gasteiger partial charge is 0.481 e. The van der Waals surface area contributed by atoms with E-state index in [9.17, 15) is 9.59 Å². The van der Waals surface area contributed by atoms with E-state index in [1.807, 2.05) is 0 Å². The SMILES string of the molecule is CC(C)(C)OC(=O)N[C@@H](CC(=O)O)C1CCCCC1. The third-order valence-corrected chi connectivity index (χ3v) is 3.32. The number of carboxylic acids is 1. The molecule has 0 heterocycles. The van der Waals surface area contributed by atoms with Crippen molar-refractivity contribution in [2.24, 2.45) is 5.92 Å². The van der Waals surface area contributed by atoms with Crippen molar-refractivity contribution >= 4 is 12.1 Å². The van der Waals surface area contributed by atoms with Crippen LogP contribution < -0.4 is 5.32 Å². The molecule has 0 aromatic heterocycles. The van der Waals surface area contributed by atoms with Crippen molar-refractivity contribution in [3.8, 4) is 0 Å². The van der Waals surface area contributed by atoms with E-state index >= 15 is 0 Å². The van der Waals surface area contributed by atoms with E-state index in [0.717, 1.165) is 25.7 Å². The summed E-state index contributed by atoms with van der Waals surface area (Å²) < 4.78 is 5.20. The van der Waals surface area contributed by atoms with Gasteiger partial charge in [0.1, 0.15) is 5.60 Å². The fourth-order valence-corrected chi connectivity index (χ4v) is 2.52. The molecule has 0 spiro atoms. The van der Waals surface area contributed by atoms with Crippen molar-refractivity contribution in [2.75, 3.05) is 0 Å². The number of carboxylic acid groups (broad SMARTS) is 1. The van der Waals surface area contributed by atoms with Crippen LogP contribution in [-0.4, -0.2) is 28.8 Å². The van der Waals surface area contributed by atoms with E-state index in [4.69, 9.17) is 9.84 Å². The van der Waals surface area contributed by atoms with Crippen LogP contribution in [0.15, 0.2) is 0 Å². The van der Waals surface area contributed by atoms with Crippen molar-refractivity contribution in [1.82, 2.24) is 5.32 Å². The zero-order valence-electron chi connectivity index (χ0n) is 12.1. The molecule has 1 fully saturated rings. The summed E-state index contributed by atoms with van der Waals surface area (Å²) in [5.41, 5.74) is -0.565. The van der Waals surface area contributed by atoms with Crippen LogP contribution in [0.2, 0.25) is 0 Å². The predicted molar refractivity (Wildman–Crippen MR) is 72.0 cm³/mol. The molecule has 19 heavy (non-hydrogen) atoms. The van der Waals surface area contributed by atoms with Crippen molar-refractivity contribution in [2.45, 2.75) is 70.9 Å². The highest BCUT2D eigenvalue weighted by Crippen LogP contribution is 2.28. The lowest BCUT2D eigenvalue weighted by molar-refractivity contribution is -0.137. The third kappa shape index (κ3) is 6.45. The number of aliphatic carboxylic acids is 1. The lowest BCUT2D eigenvalue weighted by atomic mass is 9.83. The maximum atomic E-state index is 11.8. The lowest BCUT2D eigenvalue weighted by Crippen LogP contribution is -2.44. The van der Waals surface area contributed by atoms with Crippen LogP contribution in [0.4, 0.5) is 4.79 Å². The molecule has 110 valence electrons. The van der Waals surface area contributed by atoms with Crippen molar-refractivity contribution < 1.29 is 19.4 Å². The molecule has 1 aliphatic carbocycles. The summed E-state index contributed by atoms with van der Waals surface area (Å²) in [6.07, 6.45) is 4.81. The molecule has 0 unspecified atom stereocenters. The fraction of sp³-hybridized carbons (Fsp3) is 0.857. The molecule has 1 amide bonds. The highest BCUT2D eigenvalue weighted by Gasteiger charge is 2.28. The fourth-order valence-electron chi connectivity index (χ4n) is 2.52. The van der Waals surface area contributed by atoms with Crippen LogP contribution in [0, 0.1) is 5.92 Å². The number of carbonyl (C=O) groups is 2. The van der Waals surface area contributed by atoms with Gasteiger partial charge in [0.25, 0.3) is 0 Å². The van der Waals surface area contributed by atoms with Gasteiger partial charge in [-0.3, -0.25) is 4.79 Å². The first-order valence-corrected chi connectivity index (χ1v) is 6.99. The molecule has 1 aliphatic rings. The van der Waals surface area contributed by atoms with Crippen molar-refractivity contribution in [3.05, 3.63) is 0 Å². The molecule has 0 bridgehead atoms. The third-order valence-electron chi connectivity index (χ3n) is 3.32. The number of ether oxygens (including phenoxy) is 1. The van der Waals surface area contributed by atoms with Crippen LogP contribution in [-0.2, 0) is 9.53 Å². The molecular weight excluding hydrogens is 246 g/mol. The second kappa shape index (κ2) is 6.78. The smallest absolute Gasteiger partial charge is 0.407 e. The molecule has 0 aliphatic heterocycles. The first kappa shape index (κ1) is 15.8. The van der Waals surface area contributed by atoms with E-state index in [2.05, 4.69) is 5.32 Å². The summed E-state index contributed by atoms with van der Waals surface area (Å²) in [5.74, 6) is -0.635. The molecule has 0 aromatic rings. The van der Waals surface area contributed by atoms with Crippen LogP contribution in [0.5, 0.6) is 0 Å². The van der Waals surface area contributed by atoms with E-state index in [-0.39, 0.29) is 18.4 Å². The number of alkyl carbamates (subject to hydrolysis) is 1. The molecule has 0 saturated heterocycles. The summed E-state index contributed by atoms with van der Waals surface area (Å²) in [6, 6.07) is -0.326. The molecule has 5 heteroatoms. The molecular formula is C14H25NO4. The van der Waals surface area contributed by atoms with Gasteiger partial charge in [-0.15, -0.1) is 0 Å². The first-order chi connectivity index (χ1) is 8.78. The average molecular weight is 271 g/mol. The van der Waals surface area contributed by atoms with Gasteiger partial charge in [-0.05, 0) is 39.5 Å². The summed E-state index contributed by atoms with van der Waals surface area (Å²) in [4.78, 5) is 22.7. The van der Waals surface area contributed by atoms with Gasteiger partial charge in [0.15, 0.2) is 0 Å². The van der Waals surface area contributed by atoms with Gasteiger partial charge in [0, 0.05) is 6.04 Å². The molecule has 1 saturated carbocycles. The second-order valence-corrected chi connectivity index (χ2v) is 6.25. The predicted octanol–water partition coefficient (Wildman–Crippen LogP) is 2.93. The Morgan fingerprint density at radius 3 is 2.32 bits per heavy atom. The van der Waals surface area contributed by atoms with Crippen molar-refractivity contribution in [1.29, 1.82) is 0 Å². The van der Waals surface area contributed by atoms with Gasteiger partial charge >= 0.3 is 12.1 Å². The molecule has 0 radical (unpaired) electrons. The Bertz CT molecular complexity index is 316. The van der Waals surface area contributed by atoms with E-state index in [0.29, 0.717) is 0 Å². The molecule has 1 rings (SSSR count). The average Bonchev–Trinajstić information content (AvgIpc) is 2.26. The Morgan fingerprint density at radius 1 is 1.26 bits per heavy atom. The number of nitrogens with one attached hydrogen (secondary N) is 1. The van der Waals surface area contributed by atoms with Crippen LogP contribution >= 0.6 is 0 Å². The molecule has 0 aromatic carbocycles. The zero-order chi connectivity index (χ0) is 14.5. The van der Waals surface area contributed by atoms with Gasteiger partial charge in [0.2, 0.25) is 0 Å². The topological polar surface area (TPSA) is 75.6 Å². The summed E-state index contributed by atoms with van der Waals surface area (Å²) >= 11 is 0. The summed E-state index contributed by atoms with van der Waals surface area (Å²) in [7, 11) is 0. The maximum absolute atomic E-state index is 11.8. The lowest BCUT2D eigenvalue weighted by Gasteiger charge is -2.30. The number of carbonyl (C=O) groups excluding carboxylic acids is 1. The van der Waals surface area contributed by atoms with Crippen LogP contribution in [0.25, 0.3) is 0 Å². The Labute approximate surface area is 114 Å². The number of hydrogen-bond acceptors (Lipinski definition) is 3. The first-order valence-electron chi connectivity index (χ1n) is 6.99.